The Labute approximate surface area is 160 Å². The summed E-state index contributed by atoms with van der Waals surface area (Å²) in [6.07, 6.45) is 0. The van der Waals surface area contributed by atoms with Crippen molar-refractivity contribution in [3.8, 4) is 0 Å². The van der Waals surface area contributed by atoms with Crippen molar-refractivity contribution in [3.63, 3.8) is 0 Å². The van der Waals surface area contributed by atoms with Gasteiger partial charge in [0.05, 0.1) is 29.3 Å². The second-order valence-electron chi connectivity index (χ2n) is 6.06. The molecule has 0 spiro atoms. The van der Waals surface area contributed by atoms with Gasteiger partial charge in [-0.3, -0.25) is 9.69 Å². The predicted octanol–water partition coefficient (Wildman–Crippen LogP) is 4.37. The molecule has 0 unspecified atom stereocenters. The molecule has 4 nitrogen and oxygen atoms in total. The molecule has 0 aliphatic rings. The van der Waals surface area contributed by atoms with E-state index in [4.69, 9.17) is 0 Å². The van der Waals surface area contributed by atoms with Gasteiger partial charge < -0.3 is 5.32 Å². The molecule has 0 radical (unpaired) electrons. The van der Waals surface area contributed by atoms with E-state index in [9.17, 15) is 4.79 Å². The molecule has 0 bridgehead atoms. The summed E-state index contributed by atoms with van der Waals surface area (Å²) in [5, 5.41) is 4.08. The minimum atomic E-state index is -0.0427. The molecule has 0 saturated carbocycles. The highest BCUT2D eigenvalue weighted by Crippen LogP contribution is 2.23. The van der Waals surface area contributed by atoms with Crippen LogP contribution in [-0.4, -0.2) is 29.4 Å². The summed E-state index contributed by atoms with van der Waals surface area (Å²) in [7, 11) is 1.94. The Kier molecular flexibility index (Phi) is 5.83. The number of amides is 1. The van der Waals surface area contributed by atoms with E-state index in [-0.39, 0.29) is 11.9 Å². The lowest BCUT2D eigenvalue weighted by Crippen LogP contribution is -2.36. The Bertz CT molecular complexity index is 847. The summed E-state index contributed by atoms with van der Waals surface area (Å²) in [5.41, 5.74) is 2.09. The van der Waals surface area contributed by atoms with Crippen LogP contribution < -0.4 is 5.32 Å². The molecule has 0 saturated heterocycles. The molecule has 0 aliphatic heterocycles. The first kappa shape index (κ1) is 18.0. The third kappa shape index (κ3) is 4.66. The van der Waals surface area contributed by atoms with Gasteiger partial charge in [0, 0.05) is 4.47 Å². The van der Waals surface area contributed by atoms with E-state index in [0.717, 1.165) is 20.6 Å². The Hall–Kier alpha value is -1.76. The minimum absolute atomic E-state index is 0.00636. The van der Waals surface area contributed by atoms with Gasteiger partial charge in [-0.25, -0.2) is 4.98 Å². The molecule has 25 heavy (non-hydrogen) atoms. The van der Waals surface area contributed by atoms with E-state index in [1.807, 2.05) is 61.3 Å². The number of likely N-dealkylation sites (N-methyl/N-ethyl adjacent to an activating group) is 1. The van der Waals surface area contributed by atoms with Crippen LogP contribution in [0.15, 0.2) is 53.0 Å². The highest BCUT2D eigenvalue weighted by molar-refractivity contribution is 9.10. The molecular formula is C19H20BrN3OS. The van der Waals surface area contributed by atoms with E-state index < -0.39 is 0 Å². The molecule has 1 N–H and O–H groups in total. The van der Waals surface area contributed by atoms with Crippen molar-refractivity contribution in [1.29, 1.82) is 0 Å². The number of halogens is 1. The monoisotopic (exact) mass is 417 g/mol. The number of para-hydroxylation sites is 1. The van der Waals surface area contributed by atoms with E-state index in [2.05, 4.69) is 32.3 Å². The summed E-state index contributed by atoms with van der Waals surface area (Å²) >= 11 is 5.20. The normalized spacial score (nSPS) is 12.5. The first-order valence-electron chi connectivity index (χ1n) is 8.09. The molecule has 2 aromatic carbocycles. The molecule has 0 aliphatic carbocycles. The molecule has 1 atom stereocenters. The summed E-state index contributed by atoms with van der Waals surface area (Å²) in [5.74, 6) is 0.00636. The molecule has 1 amide bonds. The topological polar surface area (TPSA) is 45.2 Å². The van der Waals surface area contributed by atoms with E-state index in [1.54, 1.807) is 11.3 Å². The van der Waals surface area contributed by atoms with Gasteiger partial charge in [-0.2, -0.15) is 0 Å². The molecule has 6 heteroatoms. The zero-order valence-corrected chi connectivity index (χ0v) is 16.6. The number of nitrogens with one attached hydrogen (secondary N) is 1. The molecule has 0 fully saturated rings. The van der Waals surface area contributed by atoms with E-state index >= 15 is 0 Å². The SMILES string of the molecule is C[C@H](NC(=O)CN(C)Cc1nc2ccccc2s1)c1ccccc1Br. The van der Waals surface area contributed by atoms with Gasteiger partial charge in [-0.1, -0.05) is 46.3 Å². The standard InChI is InChI=1S/C19H20BrN3OS/c1-13(14-7-3-4-8-15(14)20)21-18(24)11-23(2)12-19-22-16-9-5-6-10-17(16)25-19/h3-10,13H,11-12H2,1-2H3,(H,21,24)/t13-/m0/s1. The van der Waals surface area contributed by atoms with Crippen LogP contribution in [0.1, 0.15) is 23.5 Å². The molecule has 1 heterocycles. The van der Waals surface area contributed by atoms with E-state index in [0.29, 0.717) is 13.1 Å². The maximum Gasteiger partial charge on any atom is 0.234 e. The summed E-state index contributed by atoms with van der Waals surface area (Å²) in [6.45, 7) is 2.99. The predicted molar refractivity (Wildman–Crippen MR) is 107 cm³/mol. The fourth-order valence-electron chi connectivity index (χ4n) is 2.71. The highest BCUT2D eigenvalue weighted by Gasteiger charge is 2.14. The fraction of sp³-hybridized carbons (Fsp3) is 0.263. The Morgan fingerprint density at radius 3 is 2.72 bits per heavy atom. The van der Waals surface area contributed by atoms with Gasteiger partial charge in [0.2, 0.25) is 5.91 Å². The van der Waals surface area contributed by atoms with Crippen LogP contribution in [0.4, 0.5) is 0 Å². The van der Waals surface area contributed by atoms with Crippen LogP contribution in [0.5, 0.6) is 0 Å². The van der Waals surface area contributed by atoms with Crippen molar-refractivity contribution < 1.29 is 4.79 Å². The van der Waals surface area contributed by atoms with Crippen molar-refractivity contribution in [3.05, 3.63) is 63.6 Å². The molecule has 1 aromatic heterocycles. The number of fused-ring (bicyclic) bond motifs is 1. The lowest BCUT2D eigenvalue weighted by Gasteiger charge is -2.19. The maximum absolute atomic E-state index is 12.3. The van der Waals surface area contributed by atoms with Gasteiger partial charge in [0.15, 0.2) is 0 Å². The lowest BCUT2D eigenvalue weighted by molar-refractivity contribution is -0.122. The zero-order valence-electron chi connectivity index (χ0n) is 14.2. The van der Waals surface area contributed by atoms with Crippen molar-refractivity contribution in [1.82, 2.24) is 15.2 Å². The number of aromatic nitrogens is 1. The highest BCUT2D eigenvalue weighted by atomic mass is 79.9. The van der Waals surface area contributed by atoms with Gasteiger partial charge in [-0.05, 0) is 37.7 Å². The van der Waals surface area contributed by atoms with Crippen LogP contribution in [0, 0.1) is 0 Å². The minimum Gasteiger partial charge on any atom is -0.348 e. The van der Waals surface area contributed by atoms with Crippen LogP contribution in [-0.2, 0) is 11.3 Å². The summed E-state index contributed by atoms with van der Waals surface area (Å²) in [6, 6.07) is 16.0. The van der Waals surface area contributed by atoms with Crippen molar-refractivity contribution in [2.24, 2.45) is 0 Å². The third-order valence-electron chi connectivity index (χ3n) is 3.91. The summed E-state index contributed by atoms with van der Waals surface area (Å²) < 4.78 is 2.18. The Morgan fingerprint density at radius 2 is 1.96 bits per heavy atom. The first-order chi connectivity index (χ1) is 12.0. The molecule has 3 aromatic rings. The van der Waals surface area contributed by atoms with Crippen LogP contribution in [0.2, 0.25) is 0 Å². The van der Waals surface area contributed by atoms with E-state index in [1.165, 1.54) is 4.70 Å². The quantitative estimate of drug-likeness (QED) is 0.647. The van der Waals surface area contributed by atoms with Crippen LogP contribution in [0.25, 0.3) is 10.2 Å². The average Bonchev–Trinajstić information content (AvgIpc) is 2.96. The van der Waals surface area contributed by atoms with Gasteiger partial charge >= 0.3 is 0 Å². The number of nitrogens with zero attached hydrogens (tertiary/aromatic N) is 2. The number of rotatable bonds is 6. The number of benzene rings is 2. The number of carbonyl (C=O) groups is 1. The van der Waals surface area contributed by atoms with Crippen molar-refractivity contribution in [2.45, 2.75) is 19.5 Å². The average molecular weight is 418 g/mol. The number of thiazole rings is 1. The Morgan fingerprint density at radius 1 is 1.24 bits per heavy atom. The van der Waals surface area contributed by atoms with Gasteiger partial charge in [-0.15, -0.1) is 11.3 Å². The number of carbonyl (C=O) groups excluding carboxylic acids is 1. The van der Waals surface area contributed by atoms with Gasteiger partial charge in [0.1, 0.15) is 5.01 Å². The second-order valence-corrected chi connectivity index (χ2v) is 8.03. The molecule has 3 rings (SSSR count). The lowest BCUT2D eigenvalue weighted by atomic mass is 10.1. The fourth-order valence-corrected chi connectivity index (χ4v) is 4.39. The van der Waals surface area contributed by atoms with Crippen molar-refractivity contribution >= 4 is 43.4 Å². The van der Waals surface area contributed by atoms with Crippen LogP contribution in [0.3, 0.4) is 0 Å². The zero-order chi connectivity index (χ0) is 17.8. The molecule has 130 valence electrons. The smallest absolute Gasteiger partial charge is 0.234 e. The Balaban J connectivity index is 1.56. The van der Waals surface area contributed by atoms with Crippen molar-refractivity contribution in [2.75, 3.05) is 13.6 Å². The number of hydrogen-bond acceptors (Lipinski definition) is 4. The summed E-state index contributed by atoms with van der Waals surface area (Å²) in [4.78, 5) is 18.9. The first-order valence-corrected chi connectivity index (χ1v) is 9.70. The largest absolute Gasteiger partial charge is 0.348 e. The second kappa shape index (κ2) is 8.08. The molecular weight excluding hydrogens is 398 g/mol. The number of hydrogen-bond donors (Lipinski definition) is 1. The van der Waals surface area contributed by atoms with Gasteiger partial charge in [0.25, 0.3) is 0 Å². The van der Waals surface area contributed by atoms with Crippen LogP contribution >= 0.6 is 27.3 Å². The third-order valence-corrected chi connectivity index (χ3v) is 5.65. The maximum atomic E-state index is 12.3.